The summed E-state index contributed by atoms with van der Waals surface area (Å²) in [6.07, 6.45) is 1.28. The van der Waals surface area contributed by atoms with E-state index in [1.165, 1.54) is 24.8 Å². The molecule has 0 spiro atoms. The van der Waals surface area contributed by atoms with E-state index in [-0.39, 0.29) is 0 Å². The third kappa shape index (κ3) is 1.94. The van der Waals surface area contributed by atoms with E-state index in [1.54, 1.807) is 11.6 Å². The van der Waals surface area contributed by atoms with Gasteiger partial charge in [0.25, 0.3) is 0 Å². The Bertz CT molecular complexity index is 424. The van der Waals surface area contributed by atoms with E-state index < -0.39 is 0 Å². The molecule has 1 aromatic rings. The van der Waals surface area contributed by atoms with E-state index >= 15 is 0 Å². The zero-order valence-corrected chi connectivity index (χ0v) is 8.78. The zero-order chi connectivity index (χ0) is 9.84. The zero-order valence-electron chi connectivity index (χ0n) is 7.14. The van der Waals surface area contributed by atoms with Gasteiger partial charge in [0.2, 0.25) is 0 Å². The SMILES string of the molecule is COC=Nc1c(C#N)sc(=S)n1C. The Morgan fingerprint density at radius 2 is 2.46 bits per heavy atom. The molecule has 0 saturated heterocycles. The van der Waals surface area contributed by atoms with Crippen molar-refractivity contribution in [2.24, 2.45) is 12.0 Å². The van der Waals surface area contributed by atoms with Crippen molar-refractivity contribution in [3.05, 3.63) is 8.83 Å². The number of thiazole rings is 1. The van der Waals surface area contributed by atoms with Gasteiger partial charge in [0.1, 0.15) is 6.07 Å². The first kappa shape index (κ1) is 9.89. The van der Waals surface area contributed by atoms with Crippen LogP contribution in [-0.2, 0) is 11.8 Å². The summed E-state index contributed by atoms with van der Waals surface area (Å²) in [4.78, 5) is 4.45. The summed E-state index contributed by atoms with van der Waals surface area (Å²) in [5.74, 6) is 0.541. The summed E-state index contributed by atoms with van der Waals surface area (Å²) in [7, 11) is 3.26. The van der Waals surface area contributed by atoms with Crippen LogP contribution in [0, 0.1) is 15.3 Å². The second kappa shape index (κ2) is 4.16. The van der Waals surface area contributed by atoms with Crippen molar-refractivity contribution < 1.29 is 4.74 Å². The standard InChI is InChI=1S/C7H7N3OS2/c1-10-6(9-4-11-2)5(3-8)13-7(10)12/h4H,1-2H3. The molecule has 0 radical (unpaired) electrons. The van der Waals surface area contributed by atoms with Crippen LogP contribution in [0.1, 0.15) is 4.88 Å². The van der Waals surface area contributed by atoms with Gasteiger partial charge in [-0.2, -0.15) is 5.26 Å². The summed E-state index contributed by atoms with van der Waals surface area (Å²) < 4.78 is 6.97. The Morgan fingerprint density at radius 3 is 3.00 bits per heavy atom. The first-order chi connectivity index (χ1) is 6.20. The van der Waals surface area contributed by atoms with Crippen molar-refractivity contribution in [1.82, 2.24) is 4.57 Å². The van der Waals surface area contributed by atoms with Gasteiger partial charge in [0, 0.05) is 7.05 Å². The number of ether oxygens (including phenoxy) is 1. The summed E-state index contributed by atoms with van der Waals surface area (Å²) in [5.41, 5.74) is 0. The van der Waals surface area contributed by atoms with Crippen LogP contribution >= 0.6 is 23.6 Å². The Kier molecular flexibility index (Phi) is 3.17. The van der Waals surface area contributed by atoms with Crippen molar-refractivity contribution in [3.8, 4) is 6.07 Å². The van der Waals surface area contributed by atoms with Gasteiger partial charge >= 0.3 is 0 Å². The highest BCUT2D eigenvalue weighted by Gasteiger charge is 2.07. The van der Waals surface area contributed by atoms with Crippen molar-refractivity contribution in [3.63, 3.8) is 0 Å². The molecule has 0 aliphatic heterocycles. The van der Waals surface area contributed by atoms with E-state index in [4.69, 9.17) is 17.5 Å². The highest BCUT2D eigenvalue weighted by molar-refractivity contribution is 7.73. The second-order valence-corrected chi connectivity index (χ2v) is 3.81. The van der Waals surface area contributed by atoms with Gasteiger partial charge in [-0.3, -0.25) is 0 Å². The van der Waals surface area contributed by atoms with Crippen molar-refractivity contribution >= 4 is 35.8 Å². The lowest BCUT2D eigenvalue weighted by Gasteiger charge is -1.94. The molecule has 0 aliphatic carbocycles. The second-order valence-electron chi connectivity index (χ2n) is 2.16. The lowest BCUT2D eigenvalue weighted by Crippen LogP contribution is -1.87. The lowest BCUT2D eigenvalue weighted by atomic mass is 10.5. The van der Waals surface area contributed by atoms with Crippen LogP contribution in [-0.4, -0.2) is 18.1 Å². The molecule has 13 heavy (non-hydrogen) atoms. The van der Waals surface area contributed by atoms with Crippen molar-refractivity contribution in [2.75, 3.05) is 7.11 Å². The maximum atomic E-state index is 8.74. The summed E-state index contributed by atoms with van der Waals surface area (Å²) in [6.45, 7) is 0. The van der Waals surface area contributed by atoms with E-state index in [2.05, 4.69) is 9.73 Å². The molecule has 0 saturated carbocycles. The third-order valence-corrected chi connectivity index (χ3v) is 2.82. The number of aliphatic imine (C=N–C) groups is 1. The Balaban J connectivity index is 3.26. The molecular formula is C7H7N3OS2. The molecule has 0 amide bonds. The number of rotatable bonds is 2. The largest absolute Gasteiger partial charge is 0.486 e. The smallest absolute Gasteiger partial charge is 0.175 e. The van der Waals surface area contributed by atoms with Crippen molar-refractivity contribution in [2.45, 2.75) is 0 Å². The fourth-order valence-electron chi connectivity index (χ4n) is 0.761. The molecule has 0 atom stereocenters. The number of nitrogens with zero attached hydrogens (tertiary/aromatic N) is 3. The van der Waals surface area contributed by atoms with Crippen LogP contribution in [0.25, 0.3) is 0 Å². The van der Waals surface area contributed by atoms with Crippen LogP contribution in [0.5, 0.6) is 0 Å². The number of hydrogen-bond donors (Lipinski definition) is 0. The van der Waals surface area contributed by atoms with Crippen LogP contribution in [0.15, 0.2) is 4.99 Å². The predicted molar refractivity (Wildman–Crippen MR) is 54.0 cm³/mol. The van der Waals surface area contributed by atoms with Crippen LogP contribution < -0.4 is 0 Å². The number of aromatic nitrogens is 1. The Hall–Kier alpha value is -1.19. The molecule has 1 aromatic heterocycles. The van der Waals surface area contributed by atoms with Gasteiger partial charge in [-0.05, 0) is 12.2 Å². The van der Waals surface area contributed by atoms with Crippen LogP contribution in [0.2, 0.25) is 0 Å². The van der Waals surface area contributed by atoms with E-state index in [9.17, 15) is 0 Å². The molecule has 4 nitrogen and oxygen atoms in total. The van der Waals surface area contributed by atoms with E-state index in [0.29, 0.717) is 14.6 Å². The van der Waals surface area contributed by atoms with Gasteiger partial charge in [0.15, 0.2) is 21.0 Å². The predicted octanol–water partition coefficient (Wildman–Crippen LogP) is 1.99. The molecule has 68 valence electrons. The molecule has 0 fully saturated rings. The van der Waals surface area contributed by atoms with Crippen LogP contribution in [0.3, 0.4) is 0 Å². The molecular weight excluding hydrogens is 206 g/mol. The van der Waals surface area contributed by atoms with Gasteiger partial charge in [-0.25, -0.2) is 4.99 Å². The Morgan fingerprint density at radius 1 is 1.77 bits per heavy atom. The number of nitriles is 1. The molecule has 0 aliphatic rings. The van der Waals surface area contributed by atoms with Gasteiger partial charge < -0.3 is 9.30 Å². The van der Waals surface area contributed by atoms with E-state index in [1.807, 2.05) is 6.07 Å². The quantitative estimate of drug-likeness (QED) is 0.429. The normalized spacial score (nSPS) is 10.2. The first-order valence-corrected chi connectivity index (χ1v) is 4.58. The summed E-state index contributed by atoms with van der Waals surface area (Å²) >= 11 is 6.23. The molecule has 6 heteroatoms. The molecule has 1 rings (SSSR count). The minimum Gasteiger partial charge on any atom is -0.486 e. The average Bonchev–Trinajstić information content (AvgIpc) is 2.40. The van der Waals surface area contributed by atoms with Gasteiger partial charge in [-0.1, -0.05) is 11.3 Å². The van der Waals surface area contributed by atoms with Crippen LogP contribution in [0.4, 0.5) is 5.82 Å². The lowest BCUT2D eigenvalue weighted by molar-refractivity contribution is 0.423. The molecule has 1 heterocycles. The number of methoxy groups -OCH3 is 1. The van der Waals surface area contributed by atoms with Crippen molar-refractivity contribution in [1.29, 1.82) is 5.26 Å². The third-order valence-electron chi connectivity index (χ3n) is 1.37. The highest BCUT2D eigenvalue weighted by Crippen LogP contribution is 2.24. The van der Waals surface area contributed by atoms with E-state index in [0.717, 1.165) is 0 Å². The molecule has 0 N–H and O–H groups in total. The topological polar surface area (TPSA) is 50.3 Å². The summed E-state index contributed by atoms with van der Waals surface area (Å²) in [5, 5.41) is 8.74. The van der Waals surface area contributed by atoms with Gasteiger partial charge in [-0.15, -0.1) is 0 Å². The minimum atomic E-state index is 0.501. The Labute approximate surface area is 84.7 Å². The van der Waals surface area contributed by atoms with Gasteiger partial charge in [0.05, 0.1) is 7.11 Å². The average molecular weight is 213 g/mol. The maximum absolute atomic E-state index is 8.74. The summed E-state index contributed by atoms with van der Waals surface area (Å²) in [6, 6.07) is 2.03. The first-order valence-electron chi connectivity index (χ1n) is 3.36. The number of hydrogen-bond acceptors (Lipinski definition) is 5. The maximum Gasteiger partial charge on any atom is 0.175 e. The monoisotopic (exact) mass is 213 g/mol. The molecule has 0 bridgehead atoms. The fraction of sp³-hybridized carbons (Fsp3) is 0.286. The highest BCUT2D eigenvalue weighted by atomic mass is 32.1. The molecule has 0 unspecified atom stereocenters. The molecule has 0 aromatic carbocycles. The fourth-order valence-corrected chi connectivity index (χ4v) is 1.82. The minimum absolute atomic E-state index is 0.501.